The number of hydrogen-bond donors (Lipinski definition) is 1. The molecule has 1 aromatic carbocycles. The van der Waals surface area contributed by atoms with E-state index in [2.05, 4.69) is 5.32 Å². The molecule has 0 radical (unpaired) electrons. The summed E-state index contributed by atoms with van der Waals surface area (Å²) in [6, 6.07) is 7.84. The molecule has 1 fully saturated rings. The molecule has 1 aliphatic carbocycles. The Morgan fingerprint density at radius 3 is 2.79 bits per heavy atom. The molecule has 1 N–H and O–H groups in total. The van der Waals surface area contributed by atoms with Gasteiger partial charge in [0.15, 0.2) is 0 Å². The quantitative estimate of drug-likeness (QED) is 0.771. The van der Waals surface area contributed by atoms with Gasteiger partial charge in [-0.15, -0.1) is 11.3 Å². The normalized spacial score (nSPS) is 22.0. The van der Waals surface area contributed by atoms with Crippen LogP contribution >= 0.6 is 11.3 Å². The second-order valence-electron chi connectivity index (χ2n) is 7.27. The highest BCUT2D eigenvalue weighted by molar-refractivity contribution is 7.89. The number of carbonyl (C=O) groups excluding carboxylic acids is 2. The molecule has 0 saturated carbocycles. The number of carbonyl (C=O) groups is 2. The van der Waals surface area contributed by atoms with Gasteiger partial charge in [0.25, 0.3) is 5.91 Å². The van der Waals surface area contributed by atoms with Crippen LogP contribution < -0.4 is 5.32 Å². The number of hydrogen-bond acceptors (Lipinski definition) is 5. The van der Waals surface area contributed by atoms with Gasteiger partial charge in [0.1, 0.15) is 5.54 Å². The molecule has 1 atom stereocenters. The van der Waals surface area contributed by atoms with Gasteiger partial charge in [0, 0.05) is 24.5 Å². The maximum Gasteiger partial charge on any atom is 0.325 e. The third kappa shape index (κ3) is 2.85. The Morgan fingerprint density at radius 2 is 2.04 bits per heavy atom. The summed E-state index contributed by atoms with van der Waals surface area (Å²) in [5, 5.41) is 4.87. The van der Waals surface area contributed by atoms with Crippen molar-refractivity contribution in [2.75, 3.05) is 14.1 Å². The van der Waals surface area contributed by atoms with Crippen molar-refractivity contribution in [2.45, 2.75) is 36.2 Å². The fraction of sp³-hybridized carbons (Fsp3) is 0.368. The molecule has 1 spiro atoms. The van der Waals surface area contributed by atoms with Crippen LogP contribution in [0.3, 0.4) is 0 Å². The first-order valence-corrected chi connectivity index (χ1v) is 11.3. The summed E-state index contributed by atoms with van der Waals surface area (Å²) in [4.78, 5) is 28.4. The zero-order valence-corrected chi connectivity index (χ0v) is 17.3. The summed E-state index contributed by atoms with van der Waals surface area (Å²) in [5.74, 6) is -0.266. The lowest BCUT2D eigenvalue weighted by atomic mass is 9.80. The Morgan fingerprint density at radius 1 is 1.25 bits per heavy atom. The van der Waals surface area contributed by atoms with Gasteiger partial charge in [-0.25, -0.2) is 17.5 Å². The van der Waals surface area contributed by atoms with E-state index < -0.39 is 21.6 Å². The molecule has 4 rings (SSSR count). The molecule has 0 unspecified atom stereocenters. The fourth-order valence-corrected chi connectivity index (χ4v) is 5.85. The van der Waals surface area contributed by atoms with Crippen molar-refractivity contribution in [3.63, 3.8) is 0 Å². The van der Waals surface area contributed by atoms with E-state index in [1.165, 1.54) is 31.1 Å². The standard InChI is InChI=1S/C19H21N3O4S2/c1-21(2)28(25,26)14-6-3-5-13(11-14)12-22-17(23)19(20-18(22)24)9-4-7-16-15(19)8-10-27-16/h3,5-6,8,10-11H,4,7,9,12H2,1-2H3,(H,20,24)/t19-/m0/s1. The molecule has 0 bridgehead atoms. The highest BCUT2D eigenvalue weighted by Crippen LogP contribution is 2.42. The second kappa shape index (κ2) is 6.68. The van der Waals surface area contributed by atoms with E-state index in [1.807, 2.05) is 11.4 Å². The number of imide groups is 1. The first-order valence-electron chi connectivity index (χ1n) is 8.98. The number of urea groups is 1. The summed E-state index contributed by atoms with van der Waals surface area (Å²) in [5.41, 5.74) is 0.496. The predicted molar refractivity (Wildman–Crippen MR) is 105 cm³/mol. The molecule has 1 saturated heterocycles. The van der Waals surface area contributed by atoms with E-state index in [1.54, 1.807) is 23.5 Å². The van der Waals surface area contributed by atoms with Gasteiger partial charge in [-0.2, -0.15) is 0 Å². The summed E-state index contributed by atoms with van der Waals surface area (Å²) in [6.07, 6.45) is 2.33. The number of amides is 3. The molecule has 2 heterocycles. The molecule has 3 amide bonds. The lowest BCUT2D eigenvalue weighted by molar-refractivity contribution is -0.132. The summed E-state index contributed by atoms with van der Waals surface area (Å²) in [7, 11) is -0.663. The Balaban J connectivity index is 1.64. The van der Waals surface area contributed by atoms with Crippen LogP contribution in [-0.2, 0) is 33.3 Å². The zero-order chi connectivity index (χ0) is 20.1. The summed E-state index contributed by atoms with van der Waals surface area (Å²) < 4.78 is 25.9. The Hall–Kier alpha value is -2.23. The number of nitrogens with zero attached hydrogens (tertiary/aromatic N) is 2. The minimum atomic E-state index is -3.59. The molecule has 2 aliphatic rings. The van der Waals surface area contributed by atoms with E-state index in [4.69, 9.17) is 0 Å². The molecule has 1 aliphatic heterocycles. The van der Waals surface area contributed by atoms with Crippen molar-refractivity contribution in [3.05, 3.63) is 51.7 Å². The van der Waals surface area contributed by atoms with Crippen molar-refractivity contribution in [1.29, 1.82) is 0 Å². The minimum Gasteiger partial charge on any atom is -0.319 e. The SMILES string of the molecule is CN(C)S(=O)(=O)c1cccc(CN2C(=O)N[C@]3(CCCc4sccc43)C2=O)c1. The first-order chi connectivity index (χ1) is 13.3. The van der Waals surface area contributed by atoms with Gasteiger partial charge in [-0.1, -0.05) is 12.1 Å². The maximum absolute atomic E-state index is 13.3. The monoisotopic (exact) mass is 419 g/mol. The van der Waals surface area contributed by atoms with Gasteiger partial charge >= 0.3 is 6.03 Å². The second-order valence-corrected chi connectivity index (χ2v) is 10.4. The molecule has 7 nitrogen and oxygen atoms in total. The fourth-order valence-electron chi connectivity index (χ4n) is 3.88. The molecule has 28 heavy (non-hydrogen) atoms. The van der Waals surface area contributed by atoms with Crippen molar-refractivity contribution < 1.29 is 18.0 Å². The third-order valence-electron chi connectivity index (χ3n) is 5.35. The number of benzene rings is 1. The van der Waals surface area contributed by atoms with Gasteiger partial charge < -0.3 is 5.32 Å². The lowest BCUT2D eigenvalue weighted by Gasteiger charge is -2.31. The maximum atomic E-state index is 13.3. The van der Waals surface area contributed by atoms with E-state index >= 15 is 0 Å². The van der Waals surface area contributed by atoms with Crippen LogP contribution in [0.15, 0.2) is 40.6 Å². The zero-order valence-electron chi connectivity index (χ0n) is 15.6. The van der Waals surface area contributed by atoms with E-state index in [0.29, 0.717) is 12.0 Å². The highest BCUT2D eigenvalue weighted by Gasteiger charge is 2.54. The smallest absolute Gasteiger partial charge is 0.319 e. The van der Waals surface area contributed by atoms with Gasteiger partial charge in [0.05, 0.1) is 11.4 Å². The Kier molecular flexibility index (Phi) is 4.56. The van der Waals surface area contributed by atoms with Gasteiger partial charge in [-0.05, 0) is 48.4 Å². The summed E-state index contributed by atoms with van der Waals surface area (Å²) in [6.45, 7) is 0.0304. The highest BCUT2D eigenvalue weighted by atomic mass is 32.2. The van der Waals surface area contributed by atoms with Crippen LogP contribution in [0.1, 0.15) is 28.8 Å². The van der Waals surface area contributed by atoms with E-state index in [0.717, 1.165) is 27.6 Å². The van der Waals surface area contributed by atoms with Crippen molar-refractivity contribution in [3.8, 4) is 0 Å². The number of aryl methyl sites for hydroxylation is 1. The van der Waals surface area contributed by atoms with Gasteiger partial charge in [-0.3, -0.25) is 9.69 Å². The predicted octanol–water partition coefficient (Wildman–Crippen LogP) is 2.28. The molecular weight excluding hydrogens is 398 g/mol. The average molecular weight is 420 g/mol. The summed E-state index contributed by atoms with van der Waals surface area (Å²) >= 11 is 1.61. The Bertz CT molecular complexity index is 1060. The Labute approximate surface area is 168 Å². The lowest BCUT2D eigenvalue weighted by Crippen LogP contribution is -2.46. The van der Waals surface area contributed by atoms with Crippen LogP contribution in [0.2, 0.25) is 0 Å². The van der Waals surface area contributed by atoms with Crippen LogP contribution in [0, 0.1) is 0 Å². The molecule has 148 valence electrons. The number of sulfonamides is 1. The number of nitrogens with one attached hydrogen (secondary N) is 1. The molecular formula is C19H21N3O4S2. The van der Waals surface area contributed by atoms with Crippen LogP contribution in [-0.4, -0.2) is 43.7 Å². The van der Waals surface area contributed by atoms with Crippen LogP contribution in [0.5, 0.6) is 0 Å². The van der Waals surface area contributed by atoms with Crippen molar-refractivity contribution in [1.82, 2.24) is 14.5 Å². The topological polar surface area (TPSA) is 86.8 Å². The number of rotatable bonds is 4. The third-order valence-corrected chi connectivity index (χ3v) is 8.15. The number of fused-ring (bicyclic) bond motifs is 2. The first kappa shape index (κ1) is 19.1. The van der Waals surface area contributed by atoms with Crippen molar-refractivity contribution >= 4 is 33.3 Å². The van der Waals surface area contributed by atoms with Gasteiger partial charge in [0.2, 0.25) is 10.0 Å². The number of thiophene rings is 1. The van der Waals surface area contributed by atoms with E-state index in [-0.39, 0.29) is 17.3 Å². The molecule has 9 heteroatoms. The molecule has 1 aromatic heterocycles. The minimum absolute atomic E-state index is 0.0304. The largest absolute Gasteiger partial charge is 0.325 e. The van der Waals surface area contributed by atoms with Crippen LogP contribution in [0.25, 0.3) is 0 Å². The average Bonchev–Trinajstić information content (AvgIpc) is 3.23. The van der Waals surface area contributed by atoms with E-state index in [9.17, 15) is 18.0 Å². The van der Waals surface area contributed by atoms with Crippen molar-refractivity contribution in [2.24, 2.45) is 0 Å². The van der Waals surface area contributed by atoms with Crippen LogP contribution in [0.4, 0.5) is 4.79 Å². The molecule has 2 aromatic rings.